The Balaban J connectivity index is 4.34. The van der Waals surface area contributed by atoms with Gasteiger partial charge in [-0.3, -0.25) is 0 Å². The smallest absolute Gasteiger partial charge is 0.192 e. The summed E-state index contributed by atoms with van der Waals surface area (Å²) in [5, 5.41) is 6.76. The van der Waals surface area contributed by atoms with E-state index in [9.17, 15) is 0 Å². The second kappa shape index (κ2) is 4.27. The monoisotopic (exact) mass is 156 g/mol. The lowest BCUT2D eigenvalue weighted by atomic mass is 10.3. The lowest BCUT2D eigenvalue weighted by molar-refractivity contribution is -0.912. The second-order valence-corrected chi connectivity index (χ2v) is 3.22. The third-order valence-electron chi connectivity index (χ3n) is 2.20. The predicted octanol–water partition coefficient (Wildman–Crippen LogP) is 1.57. The molecule has 0 aliphatic heterocycles. The van der Waals surface area contributed by atoms with Crippen molar-refractivity contribution in [1.29, 1.82) is 5.41 Å². The maximum atomic E-state index is 6.76. The van der Waals surface area contributed by atoms with Gasteiger partial charge in [-0.25, -0.2) is 5.41 Å². The van der Waals surface area contributed by atoms with Gasteiger partial charge in [-0.05, 0) is 6.92 Å². The van der Waals surface area contributed by atoms with Crippen LogP contribution in [-0.4, -0.2) is 37.3 Å². The van der Waals surface area contributed by atoms with Crippen LogP contribution in [0.5, 0.6) is 0 Å². The fourth-order valence-corrected chi connectivity index (χ4v) is 1.03. The highest BCUT2D eigenvalue weighted by atomic mass is 15.4. The van der Waals surface area contributed by atoms with Crippen LogP contribution >= 0.6 is 0 Å². The van der Waals surface area contributed by atoms with Crippen molar-refractivity contribution >= 4 is 6.01 Å². The molecule has 0 fully saturated rings. The highest BCUT2D eigenvalue weighted by Crippen LogP contribution is 2.10. The minimum Gasteiger partial charge on any atom is -0.307 e. The van der Waals surface area contributed by atoms with Crippen LogP contribution in [0.2, 0.25) is 0 Å². The van der Waals surface area contributed by atoms with Gasteiger partial charge >= 0.3 is 0 Å². The Labute approximate surface area is 68.8 Å². The van der Waals surface area contributed by atoms with Gasteiger partial charge in [0.05, 0.1) is 26.6 Å². The predicted molar refractivity (Wildman–Crippen MR) is 46.9 cm³/mol. The summed E-state index contributed by atoms with van der Waals surface area (Å²) < 4.78 is 0.836. The number of quaternary nitrogens is 1. The topological polar surface area (TPSA) is 36.2 Å². The highest BCUT2D eigenvalue weighted by Gasteiger charge is 2.23. The fraction of sp³-hybridized carbons (Fsp3) is 0.875. The number of aliphatic imine (C=N–C) groups is 1. The molecule has 0 rings (SSSR count). The Kier molecular flexibility index (Phi) is 4.01. The summed E-state index contributed by atoms with van der Waals surface area (Å²) >= 11 is 0. The minimum atomic E-state index is 0.192. The molecule has 1 atom stereocenters. The molecule has 0 heterocycles. The van der Waals surface area contributed by atoms with Crippen molar-refractivity contribution in [3.8, 4) is 0 Å². The van der Waals surface area contributed by atoms with Gasteiger partial charge in [0, 0.05) is 6.42 Å². The van der Waals surface area contributed by atoms with Crippen molar-refractivity contribution in [2.45, 2.75) is 26.4 Å². The molecule has 64 valence electrons. The molecule has 0 amide bonds. The van der Waals surface area contributed by atoms with E-state index in [4.69, 9.17) is 5.41 Å². The molecule has 0 radical (unpaired) electrons. The molecule has 0 bridgehead atoms. The zero-order valence-corrected chi connectivity index (χ0v) is 7.89. The first-order valence-electron chi connectivity index (χ1n) is 4.02. The van der Waals surface area contributed by atoms with E-state index in [-0.39, 0.29) is 6.17 Å². The van der Waals surface area contributed by atoms with Crippen molar-refractivity contribution in [2.75, 3.05) is 20.6 Å². The standard InChI is InChI=1S/C8H18N3/c1-5-8(10-7-9)11(3,4)6-2/h8-9H,5-6H2,1-4H3/q+1. The van der Waals surface area contributed by atoms with Crippen LogP contribution in [-0.2, 0) is 0 Å². The number of nitrogens with zero attached hydrogens (tertiary/aromatic N) is 2. The van der Waals surface area contributed by atoms with Crippen LogP contribution in [0, 0.1) is 5.41 Å². The molecular weight excluding hydrogens is 138 g/mol. The molecule has 3 heteroatoms. The molecule has 0 aromatic heterocycles. The van der Waals surface area contributed by atoms with Crippen LogP contribution in [0.4, 0.5) is 0 Å². The van der Waals surface area contributed by atoms with E-state index in [1.165, 1.54) is 0 Å². The first-order valence-corrected chi connectivity index (χ1v) is 4.02. The van der Waals surface area contributed by atoms with Gasteiger partial charge in [0.2, 0.25) is 0 Å². The maximum Gasteiger partial charge on any atom is 0.192 e. The third-order valence-corrected chi connectivity index (χ3v) is 2.20. The number of nitrogens with one attached hydrogen (secondary N) is 1. The first kappa shape index (κ1) is 10.3. The SMILES string of the molecule is CCC(N=C=N)[N+](C)(C)CC. The van der Waals surface area contributed by atoms with Crippen LogP contribution < -0.4 is 0 Å². The molecule has 0 saturated carbocycles. The lowest BCUT2D eigenvalue weighted by Crippen LogP contribution is -2.47. The summed E-state index contributed by atoms with van der Waals surface area (Å²) in [6.45, 7) is 5.24. The van der Waals surface area contributed by atoms with E-state index < -0.39 is 0 Å². The summed E-state index contributed by atoms with van der Waals surface area (Å²) in [5.41, 5.74) is 0. The number of rotatable bonds is 4. The van der Waals surface area contributed by atoms with Crippen molar-refractivity contribution < 1.29 is 4.48 Å². The van der Waals surface area contributed by atoms with E-state index in [1.54, 1.807) is 0 Å². The van der Waals surface area contributed by atoms with E-state index in [1.807, 2.05) is 0 Å². The van der Waals surface area contributed by atoms with Crippen molar-refractivity contribution in [1.82, 2.24) is 0 Å². The Morgan fingerprint density at radius 3 is 2.27 bits per heavy atom. The molecular formula is C8H18N3+. The lowest BCUT2D eigenvalue weighted by Gasteiger charge is -2.33. The maximum absolute atomic E-state index is 6.76. The molecule has 0 aliphatic carbocycles. The summed E-state index contributed by atoms with van der Waals surface area (Å²) in [6, 6.07) is 2.12. The van der Waals surface area contributed by atoms with Crippen molar-refractivity contribution in [2.24, 2.45) is 4.99 Å². The Morgan fingerprint density at radius 2 is 2.00 bits per heavy atom. The van der Waals surface area contributed by atoms with Crippen LogP contribution in [0.1, 0.15) is 20.3 Å². The van der Waals surface area contributed by atoms with Gasteiger partial charge in [0.15, 0.2) is 6.17 Å². The number of hydrogen-bond donors (Lipinski definition) is 1. The van der Waals surface area contributed by atoms with E-state index in [2.05, 4.69) is 38.9 Å². The largest absolute Gasteiger partial charge is 0.307 e. The number of hydrogen-bond acceptors (Lipinski definition) is 2. The van der Waals surface area contributed by atoms with Crippen LogP contribution in [0.15, 0.2) is 4.99 Å². The van der Waals surface area contributed by atoms with Gasteiger partial charge in [-0.2, -0.15) is 4.99 Å². The second-order valence-electron chi connectivity index (χ2n) is 3.22. The minimum absolute atomic E-state index is 0.192. The van der Waals surface area contributed by atoms with Gasteiger partial charge in [-0.15, -0.1) is 0 Å². The zero-order valence-electron chi connectivity index (χ0n) is 7.89. The van der Waals surface area contributed by atoms with Gasteiger partial charge in [-0.1, -0.05) is 6.92 Å². The van der Waals surface area contributed by atoms with Crippen molar-refractivity contribution in [3.63, 3.8) is 0 Å². The average molecular weight is 156 g/mol. The average Bonchev–Trinajstić information content (AvgIpc) is 2.00. The molecule has 0 aromatic carbocycles. The van der Waals surface area contributed by atoms with Crippen LogP contribution in [0.3, 0.4) is 0 Å². The molecule has 0 aromatic rings. The molecule has 1 unspecified atom stereocenters. The zero-order chi connectivity index (χ0) is 8.91. The Morgan fingerprint density at radius 1 is 1.45 bits per heavy atom. The van der Waals surface area contributed by atoms with Gasteiger partial charge in [0.25, 0.3) is 0 Å². The summed E-state index contributed by atoms with van der Waals surface area (Å²) in [5.74, 6) is 0. The first-order chi connectivity index (χ1) is 5.08. The van der Waals surface area contributed by atoms with E-state index >= 15 is 0 Å². The van der Waals surface area contributed by atoms with Crippen molar-refractivity contribution in [3.05, 3.63) is 0 Å². The fourth-order valence-electron chi connectivity index (χ4n) is 1.03. The Hall–Kier alpha value is -0.660. The third kappa shape index (κ3) is 2.83. The normalized spacial score (nSPS) is 13.8. The van der Waals surface area contributed by atoms with Crippen LogP contribution in [0.25, 0.3) is 0 Å². The summed E-state index contributed by atoms with van der Waals surface area (Å²) in [6.07, 6.45) is 1.16. The van der Waals surface area contributed by atoms with Gasteiger partial charge in [0.1, 0.15) is 0 Å². The Bertz CT molecular complexity index is 157. The van der Waals surface area contributed by atoms with E-state index in [0.717, 1.165) is 17.4 Å². The highest BCUT2D eigenvalue weighted by molar-refractivity contribution is 5.35. The van der Waals surface area contributed by atoms with Gasteiger partial charge < -0.3 is 4.48 Å². The molecule has 3 nitrogen and oxygen atoms in total. The molecule has 0 spiro atoms. The molecule has 1 N–H and O–H groups in total. The molecule has 0 aliphatic rings. The van der Waals surface area contributed by atoms with E-state index in [0.29, 0.717) is 0 Å². The quantitative estimate of drug-likeness (QED) is 0.474. The molecule has 0 saturated heterocycles. The summed E-state index contributed by atoms with van der Waals surface area (Å²) in [7, 11) is 4.24. The molecule has 11 heavy (non-hydrogen) atoms. The summed E-state index contributed by atoms with van der Waals surface area (Å²) in [4.78, 5) is 3.97.